The van der Waals surface area contributed by atoms with Crippen molar-refractivity contribution in [3.8, 4) is 5.75 Å². The van der Waals surface area contributed by atoms with Crippen LogP contribution in [0.2, 0.25) is 0 Å². The maximum absolute atomic E-state index is 12.2. The Morgan fingerprint density at radius 2 is 1.93 bits per heavy atom. The van der Waals surface area contributed by atoms with E-state index in [-0.39, 0.29) is 30.1 Å². The molecule has 29 heavy (non-hydrogen) atoms. The van der Waals surface area contributed by atoms with Crippen LogP contribution in [0.15, 0.2) is 42.5 Å². The Morgan fingerprint density at radius 1 is 1.21 bits per heavy atom. The van der Waals surface area contributed by atoms with Gasteiger partial charge in [0, 0.05) is 6.54 Å². The standard InChI is InChI=1S/C21H23N3O5/c1-3-17-19(25)24-16-9-8-15(10-18(16)29-17)12(2)23-21(28)22-11-13-4-6-14(7-5-13)20(26)27/h4-10,12,17H,3,11H2,1-2H3,(H,24,25)(H,26,27)(H2,22,23,28). The van der Waals surface area contributed by atoms with Gasteiger partial charge < -0.3 is 25.8 Å². The number of carbonyl (C=O) groups excluding carboxylic acids is 2. The van der Waals surface area contributed by atoms with Gasteiger partial charge in [0.15, 0.2) is 6.10 Å². The topological polar surface area (TPSA) is 117 Å². The highest BCUT2D eigenvalue weighted by Crippen LogP contribution is 2.32. The van der Waals surface area contributed by atoms with Gasteiger partial charge in [0.1, 0.15) is 5.75 Å². The molecule has 0 aromatic heterocycles. The van der Waals surface area contributed by atoms with Gasteiger partial charge in [-0.2, -0.15) is 0 Å². The third kappa shape index (κ3) is 4.84. The lowest BCUT2D eigenvalue weighted by Crippen LogP contribution is -2.37. The molecule has 4 N–H and O–H groups in total. The fourth-order valence-electron chi connectivity index (χ4n) is 2.98. The fourth-order valence-corrected chi connectivity index (χ4v) is 2.98. The Hall–Kier alpha value is -3.55. The number of hydrogen-bond donors (Lipinski definition) is 4. The average molecular weight is 397 g/mol. The van der Waals surface area contributed by atoms with Crippen molar-refractivity contribution in [3.05, 3.63) is 59.2 Å². The van der Waals surface area contributed by atoms with Crippen molar-refractivity contribution >= 4 is 23.6 Å². The van der Waals surface area contributed by atoms with Gasteiger partial charge in [-0.3, -0.25) is 4.79 Å². The third-order valence-corrected chi connectivity index (χ3v) is 4.70. The average Bonchev–Trinajstić information content (AvgIpc) is 2.71. The van der Waals surface area contributed by atoms with Gasteiger partial charge in [0.05, 0.1) is 17.3 Å². The number of aromatic carboxylic acids is 1. The van der Waals surface area contributed by atoms with Gasteiger partial charge in [-0.1, -0.05) is 25.1 Å². The van der Waals surface area contributed by atoms with Crippen molar-refractivity contribution < 1.29 is 24.2 Å². The Kier molecular flexibility index (Phi) is 6.01. The van der Waals surface area contributed by atoms with Crippen LogP contribution in [0, 0.1) is 0 Å². The van der Waals surface area contributed by atoms with E-state index in [2.05, 4.69) is 16.0 Å². The molecule has 2 unspecified atom stereocenters. The van der Waals surface area contributed by atoms with Crippen LogP contribution >= 0.6 is 0 Å². The Labute approximate surface area is 168 Å². The van der Waals surface area contributed by atoms with E-state index < -0.39 is 12.1 Å². The fraction of sp³-hybridized carbons (Fsp3) is 0.286. The molecule has 3 amide bonds. The largest absolute Gasteiger partial charge is 0.478 e. The highest BCUT2D eigenvalue weighted by atomic mass is 16.5. The number of fused-ring (bicyclic) bond motifs is 1. The minimum absolute atomic E-state index is 0.158. The van der Waals surface area contributed by atoms with Crippen LogP contribution in [0.4, 0.5) is 10.5 Å². The lowest BCUT2D eigenvalue weighted by atomic mass is 10.1. The van der Waals surface area contributed by atoms with Gasteiger partial charge in [-0.05, 0) is 48.7 Å². The number of ether oxygens (including phenoxy) is 1. The van der Waals surface area contributed by atoms with Crippen LogP contribution in [0.3, 0.4) is 0 Å². The van der Waals surface area contributed by atoms with Gasteiger partial charge in [-0.25, -0.2) is 9.59 Å². The molecule has 0 aliphatic carbocycles. The summed E-state index contributed by atoms with van der Waals surface area (Å²) in [6, 6.07) is 11.1. The first-order valence-corrected chi connectivity index (χ1v) is 9.35. The molecule has 0 saturated carbocycles. The number of urea groups is 1. The number of nitrogens with one attached hydrogen (secondary N) is 3. The molecule has 0 bridgehead atoms. The van der Waals surface area contributed by atoms with E-state index in [0.29, 0.717) is 17.9 Å². The predicted octanol–water partition coefficient (Wildman–Crippen LogP) is 3.05. The number of carboxylic acids is 1. The van der Waals surface area contributed by atoms with E-state index in [1.54, 1.807) is 18.2 Å². The Morgan fingerprint density at radius 3 is 2.59 bits per heavy atom. The maximum Gasteiger partial charge on any atom is 0.335 e. The lowest BCUT2D eigenvalue weighted by molar-refractivity contribution is -0.123. The van der Waals surface area contributed by atoms with E-state index in [1.807, 2.05) is 26.0 Å². The highest BCUT2D eigenvalue weighted by Gasteiger charge is 2.26. The van der Waals surface area contributed by atoms with Crippen LogP contribution in [-0.4, -0.2) is 29.1 Å². The summed E-state index contributed by atoms with van der Waals surface area (Å²) >= 11 is 0. The van der Waals surface area contributed by atoms with Gasteiger partial charge in [0.2, 0.25) is 0 Å². The van der Waals surface area contributed by atoms with Gasteiger partial charge in [-0.15, -0.1) is 0 Å². The van der Waals surface area contributed by atoms with Crippen molar-refractivity contribution in [3.63, 3.8) is 0 Å². The molecule has 0 fully saturated rings. The first-order chi connectivity index (χ1) is 13.9. The minimum atomic E-state index is -0.991. The van der Waals surface area contributed by atoms with Crippen LogP contribution < -0.4 is 20.7 Å². The summed E-state index contributed by atoms with van der Waals surface area (Å²) < 4.78 is 5.74. The maximum atomic E-state index is 12.2. The molecule has 1 aliphatic heterocycles. The molecule has 0 radical (unpaired) electrons. The molecular formula is C21H23N3O5. The molecule has 8 nitrogen and oxygen atoms in total. The number of benzene rings is 2. The number of carboxylic acid groups (broad SMARTS) is 1. The molecule has 2 aromatic rings. The normalized spacial score (nSPS) is 16.1. The molecule has 0 saturated heterocycles. The zero-order valence-electron chi connectivity index (χ0n) is 16.2. The quantitative estimate of drug-likeness (QED) is 0.598. The van der Waals surface area contributed by atoms with Crippen molar-refractivity contribution in [2.75, 3.05) is 5.32 Å². The summed E-state index contributed by atoms with van der Waals surface area (Å²) in [6.07, 6.45) is 0.0518. The van der Waals surface area contributed by atoms with Crippen LogP contribution in [0.5, 0.6) is 5.75 Å². The molecule has 1 aliphatic rings. The van der Waals surface area contributed by atoms with Crippen LogP contribution in [0.1, 0.15) is 47.8 Å². The zero-order valence-corrected chi connectivity index (χ0v) is 16.2. The second-order valence-electron chi connectivity index (χ2n) is 6.81. The molecule has 152 valence electrons. The highest BCUT2D eigenvalue weighted by molar-refractivity contribution is 5.97. The van der Waals surface area contributed by atoms with Crippen LogP contribution in [0.25, 0.3) is 0 Å². The van der Waals surface area contributed by atoms with Gasteiger partial charge >= 0.3 is 12.0 Å². The molecule has 1 heterocycles. The van der Waals surface area contributed by atoms with E-state index >= 15 is 0 Å². The minimum Gasteiger partial charge on any atom is -0.478 e. The van der Waals surface area contributed by atoms with Crippen LogP contribution in [-0.2, 0) is 11.3 Å². The molecule has 0 spiro atoms. The smallest absolute Gasteiger partial charge is 0.335 e. The molecule has 2 aromatic carbocycles. The monoisotopic (exact) mass is 397 g/mol. The van der Waals surface area contributed by atoms with E-state index in [4.69, 9.17) is 9.84 Å². The molecular weight excluding hydrogens is 374 g/mol. The number of carbonyl (C=O) groups is 3. The summed E-state index contributed by atoms with van der Waals surface area (Å²) in [7, 11) is 0. The van der Waals surface area contributed by atoms with E-state index in [1.165, 1.54) is 12.1 Å². The van der Waals surface area contributed by atoms with Crippen molar-refractivity contribution in [1.82, 2.24) is 10.6 Å². The van der Waals surface area contributed by atoms with Gasteiger partial charge in [0.25, 0.3) is 5.91 Å². The molecule has 2 atom stereocenters. The van der Waals surface area contributed by atoms with Crippen molar-refractivity contribution in [1.29, 1.82) is 0 Å². The summed E-state index contributed by atoms with van der Waals surface area (Å²) in [5, 5.41) is 17.3. The second kappa shape index (κ2) is 8.64. The number of rotatable bonds is 6. The van der Waals surface area contributed by atoms with E-state index in [0.717, 1.165) is 11.1 Å². The first-order valence-electron chi connectivity index (χ1n) is 9.35. The molecule has 3 rings (SSSR count). The zero-order chi connectivity index (χ0) is 21.0. The number of anilines is 1. The van der Waals surface area contributed by atoms with Crippen molar-refractivity contribution in [2.24, 2.45) is 0 Å². The SMILES string of the molecule is CCC1Oc2cc(C(C)NC(=O)NCc3ccc(C(=O)O)cc3)ccc2NC1=O. The summed E-state index contributed by atoms with van der Waals surface area (Å²) in [5.74, 6) is -0.564. The van der Waals surface area contributed by atoms with E-state index in [9.17, 15) is 14.4 Å². The van der Waals surface area contributed by atoms with Crippen molar-refractivity contribution in [2.45, 2.75) is 39.0 Å². The third-order valence-electron chi connectivity index (χ3n) is 4.70. The first kappa shape index (κ1) is 20.2. The summed E-state index contributed by atoms with van der Waals surface area (Å²) in [6.45, 7) is 4.00. The number of amides is 3. The summed E-state index contributed by atoms with van der Waals surface area (Å²) in [5.41, 5.74) is 2.45. The second-order valence-corrected chi connectivity index (χ2v) is 6.81. The lowest BCUT2D eigenvalue weighted by Gasteiger charge is -2.26. The summed E-state index contributed by atoms with van der Waals surface area (Å²) in [4.78, 5) is 34.9. The Balaban J connectivity index is 1.57. The Bertz CT molecular complexity index is 926. The molecule has 8 heteroatoms. The number of hydrogen-bond acceptors (Lipinski definition) is 4. The predicted molar refractivity (Wildman–Crippen MR) is 107 cm³/mol.